The van der Waals surface area contributed by atoms with E-state index in [1.54, 1.807) is 0 Å². The summed E-state index contributed by atoms with van der Waals surface area (Å²) in [7, 11) is 0. The highest BCUT2D eigenvalue weighted by Gasteiger charge is 2.35. The Morgan fingerprint density at radius 1 is 0.938 bits per heavy atom. The van der Waals surface area contributed by atoms with Gasteiger partial charge in [-0.2, -0.15) is 0 Å². The Labute approximate surface area is 193 Å². The lowest BCUT2D eigenvalue weighted by molar-refractivity contribution is 0.0697. The normalized spacial score (nSPS) is 16.5. The fraction of sp³-hybridized carbons (Fsp3) is 0.571. The number of aliphatic hydroxyl groups excluding tert-OH is 3. The molecule has 0 aliphatic heterocycles. The zero-order valence-electron chi connectivity index (χ0n) is 19.9. The molecule has 2 aromatic rings. The fourth-order valence-electron chi connectivity index (χ4n) is 4.95. The standard InChI is InChI=1S/C28H40O4/c1-4-22-16-25(9-10-27(22)32-19-26(31)20(2)3)28(12-5-6-13-28)14-11-21-7-8-23(17-29)24(15-21)18-30/h7-10,15-16,20,26,29-31H,4-6,11-14,17-19H2,1-3H3. The molecule has 4 heteroatoms. The first-order valence-electron chi connectivity index (χ1n) is 12.2. The van der Waals surface area contributed by atoms with Crippen molar-refractivity contribution in [3.8, 4) is 5.75 Å². The van der Waals surface area contributed by atoms with E-state index in [1.807, 2.05) is 26.0 Å². The van der Waals surface area contributed by atoms with Crippen molar-refractivity contribution in [3.05, 3.63) is 64.2 Å². The Morgan fingerprint density at radius 2 is 1.66 bits per heavy atom. The number of rotatable bonds is 11. The van der Waals surface area contributed by atoms with E-state index in [0.717, 1.165) is 36.1 Å². The van der Waals surface area contributed by atoms with Crippen molar-refractivity contribution in [3.63, 3.8) is 0 Å². The molecule has 0 amide bonds. The molecule has 0 radical (unpaired) electrons. The highest BCUT2D eigenvalue weighted by atomic mass is 16.5. The van der Waals surface area contributed by atoms with Gasteiger partial charge in [-0.25, -0.2) is 0 Å². The molecule has 3 rings (SSSR count). The van der Waals surface area contributed by atoms with E-state index in [4.69, 9.17) is 4.74 Å². The lowest BCUT2D eigenvalue weighted by Gasteiger charge is -2.31. The monoisotopic (exact) mass is 440 g/mol. The summed E-state index contributed by atoms with van der Waals surface area (Å²) in [6.07, 6.45) is 7.39. The van der Waals surface area contributed by atoms with Gasteiger partial charge in [0.25, 0.3) is 0 Å². The summed E-state index contributed by atoms with van der Waals surface area (Å²) in [6.45, 7) is 6.41. The van der Waals surface area contributed by atoms with Crippen molar-refractivity contribution in [1.82, 2.24) is 0 Å². The van der Waals surface area contributed by atoms with Crippen molar-refractivity contribution in [2.75, 3.05) is 6.61 Å². The maximum Gasteiger partial charge on any atom is 0.122 e. The zero-order valence-corrected chi connectivity index (χ0v) is 19.9. The molecule has 0 bridgehead atoms. The van der Waals surface area contributed by atoms with Crippen molar-refractivity contribution in [2.45, 2.75) is 90.4 Å². The van der Waals surface area contributed by atoms with Crippen LogP contribution >= 0.6 is 0 Å². The molecule has 3 N–H and O–H groups in total. The molecule has 0 aromatic heterocycles. The van der Waals surface area contributed by atoms with E-state index >= 15 is 0 Å². The van der Waals surface area contributed by atoms with Gasteiger partial charge in [0.2, 0.25) is 0 Å². The number of benzene rings is 2. The summed E-state index contributed by atoms with van der Waals surface area (Å²) in [6, 6.07) is 12.7. The Balaban J connectivity index is 1.78. The highest BCUT2D eigenvalue weighted by molar-refractivity contribution is 5.41. The van der Waals surface area contributed by atoms with Crippen LogP contribution in [0.3, 0.4) is 0 Å². The summed E-state index contributed by atoms with van der Waals surface area (Å²) in [5.41, 5.74) is 5.63. The van der Waals surface area contributed by atoms with Gasteiger partial charge in [0.1, 0.15) is 12.4 Å². The topological polar surface area (TPSA) is 69.9 Å². The number of ether oxygens (including phenoxy) is 1. The quantitative estimate of drug-likeness (QED) is 0.456. The summed E-state index contributed by atoms with van der Waals surface area (Å²) in [5.74, 6) is 1.06. The van der Waals surface area contributed by atoms with Crippen LogP contribution in [-0.4, -0.2) is 28.0 Å². The lowest BCUT2D eigenvalue weighted by Crippen LogP contribution is -2.25. The van der Waals surface area contributed by atoms with Crippen molar-refractivity contribution < 1.29 is 20.1 Å². The average Bonchev–Trinajstić information content (AvgIpc) is 3.30. The molecule has 1 unspecified atom stereocenters. The molecule has 2 aromatic carbocycles. The lowest BCUT2D eigenvalue weighted by atomic mass is 9.74. The van der Waals surface area contributed by atoms with E-state index in [9.17, 15) is 15.3 Å². The first-order chi connectivity index (χ1) is 15.4. The smallest absolute Gasteiger partial charge is 0.122 e. The molecule has 32 heavy (non-hydrogen) atoms. The minimum Gasteiger partial charge on any atom is -0.491 e. The molecular formula is C28H40O4. The molecule has 0 spiro atoms. The van der Waals surface area contributed by atoms with Crippen LogP contribution in [-0.2, 0) is 31.5 Å². The van der Waals surface area contributed by atoms with Gasteiger partial charge in [-0.1, -0.05) is 63.9 Å². The molecular weight excluding hydrogens is 400 g/mol. The van der Waals surface area contributed by atoms with Crippen LogP contribution in [0.15, 0.2) is 36.4 Å². The summed E-state index contributed by atoms with van der Waals surface area (Å²) in [4.78, 5) is 0. The van der Waals surface area contributed by atoms with E-state index in [1.165, 1.54) is 42.4 Å². The van der Waals surface area contributed by atoms with Gasteiger partial charge in [0.05, 0.1) is 19.3 Å². The molecule has 4 nitrogen and oxygen atoms in total. The maximum atomic E-state index is 10.1. The molecule has 1 fully saturated rings. The van der Waals surface area contributed by atoms with Gasteiger partial charge < -0.3 is 20.1 Å². The Kier molecular flexibility index (Phi) is 8.75. The molecule has 0 saturated heterocycles. The van der Waals surface area contributed by atoms with E-state index in [2.05, 4.69) is 31.2 Å². The van der Waals surface area contributed by atoms with Crippen LogP contribution in [0.4, 0.5) is 0 Å². The molecule has 1 aliphatic rings. The molecule has 176 valence electrons. The predicted molar refractivity (Wildman–Crippen MR) is 129 cm³/mol. The second-order valence-electron chi connectivity index (χ2n) is 9.71. The molecule has 1 atom stereocenters. The van der Waals surface area contributed by atoms with Crippen LogP contribution in [0.1, 0.15) is 80.7 Å². The molecule has 1 aliphatic carbocycles. The fourth-order valence-corrected chi connectivity index (χ4v) is 4.95. The van der Waals surface area contributed by atoms with Gasteiger partial charge in [0, 0.05) is 0 Å². The minimum absolute atomic E-state index is 0.0392. The number of aryl methyl sites for hydroxylation is 2. The third kappa shape index (κ3) is 5.72. The van der Waals surface area contributed by atoms with Gasteiger partial charge >= 0.3 is 0 Å². The average molecular weight is 441 g/mol. The number of hydrogen-bond acceptors (Lipinski definition) is 4. The van der Waals surface area contributed by atoms with Gasteiger partial charge in [-0.15, -0.1) is 0 Å². The zero-order chi connectivity index (χ0) is 23.1. The third-order valence-electron chi connectivity index (χ3n) is 7.30. The van der Waals surface area contributed by atoms with Crippen LogP contribution in [0, 0.1) is 5.92 Å². The van der Waals surface area contributed by atoms with Gasteiger partial charge in [0.15, 0.2) is 0 Å². The van der Waals surface area contributed by atoms with E-state index in [0.29, 0.717) is 6.61 Å². The number of aliphatic hydroxyl groups is 3. The second kappa shape index (κ2) is 11.3. The van der Waals surface area contributed by atoms with Crippen LogP contribution < -0.4 is 4.74 Å². The third-order valence-corrected chi connectivity index (χ3v) is 7.30. The van der Waals surface area contributed by atoms with Crippen LogP contribution in [0.5, 0.6) is 5.75 Å². The molecule has 1 saturated carbocycles. The molecule has 0 heterocycles. The Morgan fingerprint density at radius 3 is 2.28 bits per heavy atom. The van der Waals surface area contributed by atoms with Crippen molar-refractivity contribution >= 4 is 0 Å². The Bertz CT molecular complexity index is 868. The minimum atomic E-state index is -0.457. The van der Waals surface area contributed by atoms with Gasteiger partial charge in [-0.3, -0.25) is 0 Å². The Hall–Kier alpha value is -1.88. The highest BCUT2D eigenvalue weighted by Crippen LogP contribution is 2.45. The predicted octanol–water partition coefficient (Wildman–Crippen LogP) is 5.07. The van der Waals surface area contributed by atoms with E-state index in [-0.39, 0.29) is 24.5 Å². The van der Waals surface area contributed by atoms with Crippen molar-refractivity contribution in [2.24, 2.45) is 5.92 Å². The SMILES string of the molecule is CCc1cc(C2(CCc3ccc(CO)c(CO)c3)CCCC2)ccc1OCC(O)C(C)C. The summed E-state index contributed by atoms with van der Waals surface area (Å²) in [5, 5.41) is 29.2. The maximum absolute atomic E-state index is 10.1. The first kappa shape index (κ1) is 24.8. The van der Waals surface area contributed by atoms with Gasteiger partial charge in [-0.05, 0) is 77.3 Å². The van der Waals surface area contributed by atoms with Crippen LogP contribution in [0.2, 0.25) is 0 Å². The van der Waals surface area contributed by atoms with Crippen LogP contribution in [0.25, 0.3) is 0 Å². The number of hydrogen-bond donors (Lipinski definition) is 3. The largest absolute Gasteiger partial charge is 0.491 e. The second-order valence-corrected chi connectivity index (χ2v) is 9.71. The summed E-state index contributed by atoms with van der Waals surface area (Å²) >= 11 is 0. The summed E-state index contributed by atoms with van der Waals surface area (Å²) < 4.78 is 5.98. The van der Waals surface area contributed by atoms with Crippen molar-refractivity contribution in [1.29, 1.82) is 0 Å². The first-order valence-corrected chi connectivity index (χ1v) is 12.2. The van der Waals surface area contributed by atoms with E-state index < -0.39 is 6.10 Å².